The van der Waals surface area contributed by atoms with E-state index in [1.807, 2.05) is 0 Å². The van der Waals surface area contributed by atoms with Crippen LogP contribution in [0.15, 0.2) is 54.6 Å². The third-order valence-corrected chi connectivity index (χ3v) is 7.05. The number of amides is 2. The Morgan fingerprint density at radius 3 is 2.12 bits per heavy atom. The first-order chi connectivity index (χ1) is 18.6. The van der Waals surface area contributed by atoms with Crippen LogP contribution < -0.4 is 16.1 Å². The molecular weight excluding hydrogens is 611 g/mol. The molecule has 212 valence electrons. The van der Waals surface area contributed by atoms with Crippen molar-refractivity contribution < 1.29 is 40.8 Å². The van der Waals surface area contributed by atoms with Crippen LogP contribution >= 0.6 is 34.8 Å². The van der Waals surface area contributed by atoms with Gasteiger partial charge >= 0.3 is 12.4 Å². The maximum absolute atomic E-state index is 14.4. The predicted molar refractivity (Wildman–Crippen MR) is 137 cm³/mol. The van der Waals surface area contributed by atoms with Crippen molar-refractivity contribution in [2.75, 3.05) is 13.1 Å². The number of halogens is 9. The Balaban J connectivity index is 1.69. The molecule has 3 aromatic carbocycles. The summed E-state index contributed by atoms with van der Waals surface area (Å²) in [5.41, 5.74) is -0.963. The van der Waals surface area contributed by atoms with E-state index < -0.39 is 48.4 Å². The minimum absolute atomic E-state index is 0.0286. The molecule has 1 unspecified atom stereocenters. The number of carbonyl (C=O) groups is 2. The van der Waals surface area contributed by atoms with Gasteiger partial charge in [-0.25, -0.2) is 0 Å². The van der Waals surface area contributed by atoms with Crippen molar-refractivity contribution in [2.45, 2.75) is 18.0 Å². The van der Waals surface area contributed by atoms with E-state index in [4.69, 9.17) is 39.6 Å². The lowest BCUT2D eigenvalue weighted by atomic mass is 9.90. The van der Waals surface area contributed by atoms with Crippen LogP contribution in [-0.2, 0) is 15.2 Å². The van der Waals surface area contributed by atoms with Crippen LogP contribution in [0.4, 0.5) is 26.3 Å². The molecule has 0 saturated carbocycles. The number of hydrogen-bond donors (Lipinski definition) is 3. The Labute approximate surface area is 237 Å². The number of hydrogen-bond acceptors (Lipinski definition) is 4. The Morgan fingerprint density at radius 2 is 1.52 bits per heavy atom. The number of fused-ring (bicyclic) bond motifs is 1. The van der Waals surface area contributed by atoms with Crippen LogP contribution in [0.3, 0.4) is 0 Å². The second-order valence-electron chi connectivity index (χ2n) is 8.53. The summed E-state index contributed by atoms with van der Waals surface area (Å²) >= 11 is 17.9. The van der Waals surface area contributed by atoms with Gasteiger partial charge in [0.25, 0.3) is 5.91 Å². The number of hydroxylamine groups is 1. The molecule has 0 fully saturated rings. The van der Waals surface area contributed by atoms with Crippen LogP contribution in [0, 0.1) is 0 Å². The lowest BCUT2D eigenvalue weighted by Crippen LogP contribution is -2.42. The van der Waals surface area contributed by atoms with Gasteiger partial charge in [-0.3, -0.25) is 19.9 Å². The van der Waals surface area contributed by atoms with Crippen molar-refractivity contribution in [1.82, 2.24) is 16.1 Å². The fourth-order valence-electron chi connectivity index (χ4n) is 3.99. The van der Waals surface area contributed by atoms with Gasteiger partial charge in [-0.05, 0) is 35.0 Å². The van der Waals surface area contributed by atoms with Crippen molar-refractivity contribution in [3.63, 3.8) is 0 Å². The highest BCUT2D eigenvalue weighted by atomic mass is 35.5. The van der Waals surface area contributed by atoms with Crippen LogP contribution in [0.1, 0.15) is 21.5 Å². The lowest BCUT2D eigenvalue weighted by Gasteiger charge is -2.29. The molecule has 0 spiro atoms. The minimum Gasteiger partial charge on any atom is -0.345 e. The molecule has 0 radical (unpaired) electrons. The van der Waals surface area contributed by atoms with Crippen molar-refractivity contribution in [2.24, 2.45) is 0 Å². The van der Waals surface area contributed by atoms with Crippen LogP contribution in [0.2, 0.25) is 15.1 Å². The summed E-state index contributed by atoms with van der Waals surface area (Å²) in [5.74, 6) is -1.85. The number of benzene rings is 3. The molecule has 1 aliphatic rings. The third-order valence-electron chi connectivity index (χ3n) is 5.86. The van der Waals surface area contributed by atoms with Gasteiger partial charge in [0.05, 0.1) is 27.3 Å². The number of carbonyl (C=O) groups excluding carboxylic acids is 2. The molecule has 0 aliphatic carbocycles. The van der Waals surface area contributed by atoms with Gasteiger partial charge in [0.1, 0.15) is 6.54 Å². The average molecular weight is 627 g/mol. The zero-order valence-corrected chi connectivity index (χ0v) is 22.0. The predicted octanol–water partition coefficient (Wildman–Crippen LogP) is 6.54. The molecule has 1 aliphatic heterocycles. The van der Waals surface area contributed by atoms with Gasteiger partial charge in [-0.1, -0.05) is 65.1 Å². The van der Waals surface area contributed by atoms with Crippen molar-refractivity contribution in [3.8, 4) is 0 Å². The van der Waals surface area contributed by atoms with Gasteiger partial charge in [-0.15, -0.1) is 0 Å². The van der Waals surface area contributed by atoms with E-state index in [1.165, 1.54) is 18.2 Å². The standard InChI is InChI=1S/C25H16Cl3F6N3O3/c26-17-7-12(8-18(27)21(17)28)23(25(32,33)34)9-19(37-40-23)15-5-6-16(14-4-2-1-3-13(14)15)22(39)35-10-20(38)36-11-24(29,30)31/h1-9,37H,10-11H2,(H,35,39)(H,36,38). The summed E-state index contributed by atoms with van der Waals surface area (Å²) in [5, 5.41) is 3.93. The van der Waals surface area contributed by atoms with Gasteiger partial charge in [0.15, 0.2) is 0 Å². The molecule has 0 aromatic heterocycles. The van der Waals surface area contributed by atoms with Gasteiger partial charge < -0.3 is 10.6 Å². The summed E-state index contributed by atoms with van der Waals surface area (Å²) in [6.45, 7) is -2.29. The molecule has 6 nitrogen and oxygen atoms in total. The molecule has 0 saturated heterocycles. The average Bonchev–Trinajstić information content (AvgIpc) is 3.35. The van der Waals surface area contributed by atoms with E-state index in [0.717, 1.165) is 18.2 Å². The largest absolute Gasteiger partial charge is 0.428 e. The highest BCUT2D eigenvalue weighted by molar-refractivity contribution is 6.48. The van der Waals surface area contributed by atoms with Crippen molar-refractivity contribution in [3.05, 3.63) is 86.4 Å². The summed E-state index contributed by atoms with van der Waals surface area (Å²) in [6.07, 6.45) is -8.80. The Bertz CT molecular complexity index is 1500. The molecule has 1 heterocycles. The van der Waals surface area contributed by atoms with E-state index in [9.17, 15) is 35.9 Å². The highest BCUT2D eigenvalue weighted by Gasteiger charge is 2.60. The summed E-state index contributed by atoms with van der Waals surface area (Å²) < 4.78 is 80.1. The molecule has 15 heteroatoms. The second-order valence-corrected chi connectivity index (χ2v) is 9.72. The monoisotopic (exact) mass is 625 g/mol. The molecule has 2 amide bonds. The topological polar surface area (TPSA) is 79.5 Å². The normalized spacial score (nSPS) is 17.4. The lowest BCUT2D eigenvalue weighted by molar-refractivity contribution is -0.269. The minimum atomic E-state index is -4.98. The third kappa shape index (κ3) is 5.95. The van der Waals surface area contributed by atoms with E-state index in [1.54, 1.807) is 23.5 Å². The van der Waals surface area contributed by atoms with Crippen molar-refractivity contribution in [1.29, 1.82) is 0 Å². The van der Waals surface area contributed by atoms with Crippen LogP contribution in [0.25, 0.3) is 16.5 Å². The first-order valence-electron chi connectivity index (χ1n) is 11.2. The Kier molecular flexibility index (Phi) is 8.19. The van der Waals surface area contributed by atoms with Crippen LogP contribution in [-0.4, -0.2) is 37.3 Å². The van der Waals surface area contributed by atoms with Gasteiger partial charge in [0.2, 0.25) is 11.5 Å². The Morgan fingerprint density at radius 1 is 0.900 bits per heavy atom. The van der Waals surface area contributed by atoms with E-state index in [2.05, 4.69) is 10.8 Å². The fraction of sp³-hybridized carbons (Fsp3) is 0.200. The second kappa shape index (κ2) is 11.0. The number of alkyl halides is 6. The quantitative estimate of drug-likeness (QED) is 0.215. The van der Waals surface area contributed by atoms with Gasteiger partial charge in [0, 0.05) is 16.7 Å². The molecule has 4 rings (SSSR count). The first-order valence-corrected chi connectivity index (χ1v) is 12.3. The number of nitrogens with one attached hydrogen (secondary N) is 3. The SMILES string of the molecule is O=C(CNC(=O)c1ccc(C2=CC(c3cc(Cl)c(Cl)c(Cl)c3)(C(F)(F)F)ON2)c2ccccc12)NCC(F)(F)F. The van der Waals surface area contributed by atoms with Gasteiger partial charge in [-0.2, -0.15) is 26.3 Å². The number of rotatable bonds is 6. The molecule has 1 atom stereocenters. The zero-order valence-electron chi connectivity index (χ0n) is 19.7. The summed E-state index contributed by atoms with van der Waals surface area (Å²) in [7, 11) is 0. The zero-order chi connectivity index (χ0) is 29.5. The molecule has 0 bridgehead atoms. The molecule has 3 N–H and O–H groups in total. The summed E-state index contributed by atoms with van der Waals surface area (Å²) in [6, 6.07) is 10.9. The maximum Gasteiger partial charge on any atom is 0.428 e. The molecular formula is C25H16Cl3F6N3O3. The molecule has 3 aromatic rings. The van der Waals surface area contributed by atoms with E-state index >= 15 is 0 Å². The van der Waals surface area contributed by atoms with E-state index in [0.29, 0.717) is 5.39 Å². The van der Waals surface area contributed by atoms with Crippen molar-refractivity contribution >= 4 is 63.1 Å². The Hall–Kier alpha value is -3.19. The van der Waals surface area contributed by atoms with E-state index in [-0.39, 0.29) is 37.3 Å². The summed E-state index contributed by atoms with van der Waals surface area (Å²) in [4.78, 5) is 29.5. The fourth-order valence-corrected chi connectivity index (χ4v) is 4.59. The van der Waals surface area contributed by atoms with Crippen LogP contribution in [0.5, 0.6) is 0 Å². The first kappa shape index (κ1) is 29.8. The smallest absolute Gasteiger partial charge is 0.345 e. The highest BCUT2D eigenvalue weighted by Crippen LogP contribution is 2.49. The maximum atomic E-state index is 14.4. The molecule has 40 heavy (non-hydrogen) atoms.